The SMILES string of the molecule is C[C@@H](OC(=O)c1cccnc1Cl)C(=O)NC(c1ccccc1)c1ccccc1. The van der Waals surface area contributed by atoms with Crippen LogP contribution in [0.4, 0.5) is 0 Å². The molecule has 0 aliphatic carbocycles. The highest BCUT2D eigenvalue weighted by atomic mass is 35.5. The molecule has 28 heavy (non-hydrogen) atoms. The fraction of sp³-hybridized carbons (Fsp3) is 0.136. The van der Waals surface area contributed by atoms with Crippen LogP contribution in [0.3, 0.4) is 0 Å². The summed E-state index contributed by atoms with van der Waals surface area (Å²) in [6.07, 6.45) is 0.471. The van der Waals surface area contributed by atoms with Gasteiger partial charge in [0.2, 0.25) is 0 Å². The van der Waals surface area contributed by atoms with E-state index in [-0.39, 0.29) is 16.8 Å². The number of carbonyl (C=O) groups is 2. The highest BCUT2D eigenvalue weighted by Crippen LogP contribution is 2.22. The Labute approximate surface area is 168 Å². The summed E-state index contributed by atoms with van der Waals surface area (Å²) in [6.45, 7) is 1.52. The van der Waals surface area contributed by atoms with Crippen LogP contribution in [0, 0.1) is 0 Å². The number of pyridine rings is 1. The van der Waals surface area contributed by atoms with E-state index in [9.17, 15) is 9.59 Å². The third kappa shape index (κ3) is 4.75. The predicted molar refractivity (Wildman–Crippen MR) is 107 cm³/mol. The van der Waals surface area contributed by atoms with Crippen LogP contribution in [0.5, 0.6) is 0 Å². The van der Waals surface area contributed by atoms with Crippen molar-refractivity contribution in [2.75, 3.05) is 0 Å². The van der Waals surface area contributed by atoms with Crippen LogP contribution in [0.25, 0.3) is 0 Å². The molecule has 1 atom stereocenters. The van der Waals surface area contributed by atoms with Crippen LogP contribution < -0.4 is 5.32 Å². The summed E-state index contributed by atoms with van der Waals surface area (Å²) < 4.78 is 5.28. The maximum Gasteiger partial charge on any atom is 0.342 e. The summed E-state index contributed by atoms with van der Waals surface area (Å²) in [4.78, 5) is 28.8. The van der Waals surface area contributed by atoms with Crippen molar-refractivity contribution in [3.63, 3.8) is 0 Å². The smallest absolute Gasteiger partial charge is 0.342 e. The second-order valence-electron chi connectivity index (χ2n) is 6.15. The van der Waals surface area contributed by atoms with Gasteiger partial charge in [-0.2, -0.15) is 0 Å². The minimum absolute atomic E-state index is 0.0338. The van der Waals surface area contributed by atoms with E-state index in [1.807, 2.05) is 60.7 Å². The maximum absolute atomic E-state index is 12.7. The zero-order valence-corrected chi connectivity index (χ0v) is 16.0. The van der Waals surface area contributed by atoms with E-state index in [0.717, 1.165) is 11.1 Å². The first-order chi connectivity index (χ1) is 13.6. The monoisotopic (exact) mass is 394 g/mol. The number of esters is 1. The third-order valence-electron chi connectivity index (χ3n) is 4.18. The lowest BCUT2D eigenvalue weighted by Gasteiger charge is -2.22. The molecule has 6 heteroatoms. The molecule has 3 aromatic rings. The Bertz CT molecular complexity index is 909. The van der Waals surface area contributed by atoms with Crippen molar-refractivity contribution in [2.24, 2.45) is 0 Å². The Morgan fingerprint density at radius 3 is 2.04 bits per heavy atom. The third-order valence-corrected chi connectivity index (χ3v) is 4.49. The quantitative estimate of drug-likeness (QED) is 0.503. The molecule has 0 radical (unpaired) electrons. The van der Waals surface area contributed by atoms with Crippen molar-refractivity contribution in [3.05, 3.63) is 101 Å². The number of halogens is 1. The molecule has 0 aliphatic rings. The zero-order valence-electron chi connectivity index (χ0n) is 15.2. The molecular weight excluding hydrogens is 376 g/mol. The summed E-state index contributed by atoms with van der Waals surface area (Å²) in [5.41, 5.74) is 1.97. The van der Waals surface area contributed by atoms with Gasteiger partial charge in [0, 0.05) is 6.20 Å². The van der Waals surface area contributed by atoms with Gasteiger partial charge < -0.3 is 10.1 Å². The number of benzene rings is 2. The number of amides is 1. The highest BCUT2D eigenvalue weighted by molar-refractivity contribution is 6.32. The Hall–Kier alpha value is -3.18. The number of rotatable bonds is 6. The normalized spacial score (nSPS) is 11.7. The fourth-order valence-electron chi connectivity index (χ4n) is 2.73. The average Bonchev–Trinajstić information content (AvgIpc) is 2.73. The highest BCUT2D eigenvalue weighted by Gasteiger charge is 2.24. The maximum atomic E-state index is 12.7. The number of ether oxygens (including phenoxy) is 1. The second kappa shape index (κ2) is 9.15. The summed E-state index contributed by atoms with van der Waals surface area (Å²) in [5.74, 6) is -1.11. The molecule has 142 valence electrons. The van der Waals surface area contributed by atoms with E-state index in [1.54, 1.807) is 6.07 Å². The molecule has 0 saturated carbocycles. The molecule has 1 aromatic heterocycles. The van der Waals surface area contributed by atoms with Gasteiger partial charge in [-0.25, -0.2) is 9.78 Å². The molecule has 0 saturated heterocycles. The first kappa shape index (κ1) is 19.6. The molecule has 0 spiro atoms. The van der Waals surface area contributed by atoms with E-state index in [1.165, 1.54) is 19.2 Å². The molecule has 1 heterocycles. The van der Waals surface area contributed by atoms with Gasteiger partial charge in [-0.15, -0.1) is 0 Å². The van der Waals surface area contributed by atoms with Gasteiger partial charge in [0.1, 0.15) is 5.15 Å². The molecule has 0 aliphatic heterocycles. The number of aromatic nitrogens is 1. The minimum Gasteiger partial charge on any atom is -0.449 e. The van der Waals surface area contributed by atoms with Crippen molar-refractivity contribution >= 4 is 23.5 Å². The summed E-state index contributed by atoms with van der Waals surface area (Å²) in [6, 6.07) is 21.9. The molecular formula is C22H19ClN2O3. The topological polar surface area (TPSA) is 68.3 Å². The Kier molecular flexibility index (Phi) is 6.40. The van der Waals surface area contributed by atoms with Crippen molar-refractivity contribution in [2.45, 2.75) is 19.1 Å². The molecule has 2 aromatic carbocycles. The van der Waals surface area contributed by atoms with Crippen molar-refractivity contribution in [1.82, 2.24) is 10.3 Å². The standard InChI is InChI=1S/C22H19ClN2O3/c1-15(28-22(27)18-13-8-14-24-20(18)23)21(26)25-19(16-9-4-2-5-10-16)17-11-6-3-7-12-17/h2-15,19H,1H3,(H,25,26)/t15-/m1/s1. The van der Waals surface area contributed by atoms with E-state index in [4.69, 9.17) is 16.3 Å². The first-order valence-electron chi connectivity index (χ1n) is 8.78. The molecule has 0 bridgehead atoms. The van der Waals surface area contributed by atoms with Gasteiger partial charge in [0.15, 0.2) is 6.10 Å². The number of nitrogens with one attached hydrogen (secondary N) is 1. The lowest BCUT2D eigenvalue weighted by molar-refractivity contribution is -0.129. The van der Waals surface area contributed by atoms with Gasteiger partial charge in [0.05, 0.1) is 11.6 Å². The van der Waals surface area contributed by atoms with Crippen LogP contribution in [-0.2, 0) is 9.53 Å². The summed E-state index contributed by atoms with van der Waals surface area (Å²) >= 11 is 5.91. The number of hydrogen-bond donors (Lipinski definition) is 1. The van der Waals surface area contributed by atoms with Gasteiger partial charge >= 0.3 is 5.97 Å². The first-order valence-corrected chi connectivity index (χ1v) is 9.16. The van der Waals surface area contributed by atoms with Crippen LogP contribution in [-0.4, -0.2) is 23.0 Å². The molecule has 0 unspecified atom stereocenters. The van der Waals surface area contributed by atoms with Crippen molar-refractivity contribution in [1.29, 1.82) is 0 Å². The predicted octanol–water partition coefficient (Wildman–Crippen LogP) is 4.19. The summed E-state index contributed by atoms with van der Waals surface area (Å²) in [7, 11) is 0. The van der Waals surface area contributed by atoms with Crippen LogP contribution in [0.1, 0.15) is 34.5 Å². The van der Waals surface area contributed by atoms with Crippen LogP contribution in [0.15, 0.2) is 79.0 Å². The average molecular weight is 395 g/mol. The Balaban J connectivity index is 1.75. The van der Waals surface area contributed by atoms with E-state index in [0.29, 0.717) is 0 Å². The van der Waals surface area contributed by atoms with Crippen LogP contribution in [0.2, 0.25) is 5.15 Å². The molecule has 1 amide bonds. The number of nitrogens with zero attached hydrogens (tertiary/aromatic N) is 1. The molecule has 5 nitrogen and oxygen atoms in total. The number of hydrogen-bond acceptors (Lipinski definition) is 4. The largest absolute Gasteiger partial charge is 0.449 e. The van der Waals surface area contributed by atoms with E-state index in [2.05, 4.69) is 10.3 Å². The fourth-order valence-corrected chi connectivity index (χ4v) is 2.92. The number of carbonyl (C=O) groups excluding carboxylic acids is 2. The molecule has 3 rings (SSSR count). The lowest BCUT2D eigenvalue weighted by atomic mass is 9.98. The van der Waals surface area contributed by atoms with Gasteiger partial charge in [-0.3, -0.25) is 4.79 Å². The minimum atomic E-state index is -1.00. The van der Waals surface area contributed by atoms with Gasteiger partial charge in [-0.1, -0.05) is 72.3 Å². The Morgan fingerprint density at radius 2 is 1.50 bits per heavy atom. The van der Waals surface area contributed by atoms with Gasteiger partial charge in [0.25, 0.3) is 5.91 Å². The Morgan fingerprint density at radius 1 is 0.929 bits per heavy atom. The molecule has 0 fully saturated rings. The van der Waals surface area contributed by atoms with Crippen LogP contribution >= 0.6 is 11.6 Å². The summed E-state index contributed by atoms with van der Waals surface area (Å²) in [5, 5.41) is 2.99. The van der Waals surface area contributed by atoms with Crippen molar-refractivity contribution < 1.29 is 14.3 Å². The lowest BCUT2D eigenvalue weighted by Crippen LogP contribution is -2.38. The van der Waals surface area contributed by atoms with E-state index < -0.39 is 18.0 Å². The van der Waals surface area contributed by atoms with E-state index >= 15 is 0 Å². The second-order valence-corrected chi connectivity index (χ2v) is 6.51. The van der Waals surface area contributed by atoms with Crippen molar-refractivity contribution in [3.8, 4) is 0 Å². The van der Waals surface area contributed by atoms with Gasteiger partial charge in [-0.05, 0) is 30.2 Å². The zero-order chi connectivity index (χ0) is 19.9. The molecule has 1 N–H and O–H groups in total.